The van der Waals surface area contributed by atoms with E-state index in [4.69, 9.17) is 4.74 Å². The van der Waals surface area contributed by atoms with Crippen LogP contribution in [0.3, 0.4) is 0 Å². The Morgan fingerprint density at radius 3 is 1.93 bits per heavy atom. The van der Waals surface area contributed by atoms with Gasteiger partial charge in [-0.1, -0.05) is 36.4 Å². The van der Waals surface area contributed by atoms with Crippen molar-refractivity contribution < 1.29 is 24.9 Å². The minimum absolute atomic E-state index is 0.636. The largest absolute Gasteiger partial charge is 0.387 e. The molecule has 5 atom stereocenters. The molecule has 0 unspecified atom stereocenters. The molecule has 1 aliphatic heterocycles. The zero-order valence-electron chi connectivity index (χ0n) is 14.3. The molecule has 144 valence electrons. The highest BCUT2D eigenvalue weighted by atomic mass is 16.6. The van der Waals surface area contributed by atoms with Crippen molar-refractivity contribution in [3.05, 3.63) is 60.7 Å². The van der Waals surface area contributed by atoms with Crippen LogP contribution in [0.15, 0.2) is 60.7 Å². The van der Waals surface area contributed by atoms with Crippen molar-refractivity contribution in [2.75, 3.05) is 10.9 Å². The highest BCUT2D eigenvalue weighted by Gasteiger charge is 2.46. The molecule has 2 aromatic rings. The molecule has 7 N–H and O–H groups in total. The maximum absolute atomic E-state index is 12.4. The van der Waals surface area contributed by atoms with Crippen LogP contribution in [0.1, 0.15) is 0 Å². The van der Waals surface area contributed by atoms with Crippen LogP contribution in [-0.4, -0.2) is 51.9 Å². The van der Waals surface area contributed by atoms with Crippen LogP contribution in [0.25, 0.3) is 0 Å². The Bertz CT molecular complexity index is 733. The Kier molecular flexibility index (Phi) is 6.22. The van der Waals surface area contributed by atoms with Gasteiger partial charge in [0.25, 0.3) is 5.91 Å². The van der Waals surface area contributed by atoms with Crippen LogP contribution in [0, 0.1) is 0 Å². The van der Waals surface area contributed by atoms with Crippen molar-refractivity contribution in [3.8, 4) is 0 Å². The first-order valence-corrected chi connectivity index (χ1v) is 8.43. The zero-order valence-corrected chi connectivity index (χ0v) is 14.3. The van der Waals surface area contributed by atoms with E-state index in [0.29, 0.717) is 11.4 Å². The number of rotatable bonds is 6. The van der Waals surface area contributed by atoms with Gasteiger partial charge in [0.1, 0.15) is 18.3 Å². The molecule has 1 saturated heterocycles. The summed E-state index contributed by atoms with van der Waals surface area (Å²) in [5.74, 6) is -0.691. The van der Waals surface area contributed by atoms with Gasteiger partial charge in [0, 0.05) is 5.69 Å². The van der Waals surface area contributed by atoms with Crippen molar-refractivity contribution in [1.82, 2.24) is 10.9 Å². The van der Waals surface area contributed by atoms with E-state index in [9.17, 15) is 20.1 Å². The summed E-state index contributed by atoms with van der Waals surface area (Å²) in [5, 5.41) is 30.3. The summed E-state index contributed by atoms with van der Waals surface area (Å²) >= 11 is 0. The number of nitrogens with one attached hydrogen (secondary N) is 4. The molecule has 9 nitrogen and oxygen atoms in total. The molecular weight excluding hydrogens is 352 g/mol. The van der Waals surface area contributed by atoms with Crippen molar-refractivity contribution >= 4 is 17.3 Å². The van der Waals surface area contributed by atoms with E-state index < -0.39 is 36.6 Å². The van der Waals surface area contributed by atoms with Gasteiger partial charge in [0.2, 0.25) is 0 Å². The van der Waals surface area contributed by atoms with Gasteiger partial charge in [-0.25, -0.2) is 5.43 Å². The average Bonchev–Trinajstić information content (AvgIpc) is 2.71. The molecule has 0 spiro atoms. The molecule has 2 aromatic carbocycles. The van der Waals surface area contributed by atoms with Gasteiger partial charge in [-0.3, -0.25) is 15.6 Å². The number of aliphatic hydroxyl groups excluding tert-OH is 3. The lowest BCUT2D eigenvalue weighted by Crippen LogP contribution is -2.65. The van der Waals surface area contributed by atoms with Crippen LogP contribution in [0.5, 0.6) is 0 Å². The second-order valence-electron chi connectivity index (χ2n) is 6.06. The number of ether oxygens (including phenoxy) is 1. The Morgan fingerprint density at radius 1 is 0.778 bits per heavy atom. The number of aliphatic hydroxyl groups is 3. The number of anilines is 2. The lowest BCUT2D eigenvalue weighted by Gasteiger charge is -2.40. The molecular formula is C18H22N4O5. The molecule has 0 bridgehead atoms. The second kappa shape index (κ2) is 8.80. The van der Waals surface area contributed by atoms with Crippen molar-refractivity contribution in [3.63, 3.8) is 0 Å². The first-order valence-electron chi connectivity index (χ1n) is 8.43. The number of carbonyl (C=O) groups is 1. The predicted octanol–water partition coefficient (Wildman–Crippen LogP) is -0.446. The number of amides is 1. The second-order valence-corrected chi connectivity index (χ2v) is 6.06. The molecule has 1 heterocycles. The average molecular weight is 374 g/mol. The molecule has 1 amide bonds. The summed E-state index contributed by atoms with van der Waals surface area (Å²) in [6.45, 7) is 0. The van der Waals surface area contributed by atoms with Gasteiger partial charge in [0.05, 0.1) is 5.69 Å². The highest BCUT2D eigenvalue weighted by molar-refractivity contribution is 5.82. The monoisotopic (exact) mass is 374 g/mol. The SMILES string of the molecule is O=C(NNc1ccccc1)[C@@H]1O[C@H](NNc2ccccc2)[C@@H](O)[C@@H](O)[C@@H]1O. The van der Waals surface area contributed by atoms with Crippen LogP contribution in [0.4, 0.5) is 11.4 Å². The molecule has 27 heavy (non-hydrogen) atoms. The van der Waals surface area contributed by atoms with Gasteiger partial charge in [0.15, 0.2) is 12.3 Å². The Balaban J connectivity index is 1.60. The number of hydrazine groups is 2. The summed E-state index contributed by atoms with van der Waals surface area (Å²) in [4.78, 5) is 12.4. The number of hydrogen-bond acceptors (Lipinski definition) is 8. The van der Waals surface area contributed by atoms with E-state index in [1.54, 1.807) is 36.4 Å². The van der Waals surface area contributed by atoms with Gasteiger partial charge in [-0.2, -0.15) is 0 Å². The molecule has 1 fully saturated rings. The van der Waals surface area contributed by atoms with Gasteiger partial charge in [-0.15, -0.1) is 0 Å². The normalized spacial score (nSPS) is 27.6. The highest BCUT2D eigenvalue weighted by Crippen LogP contribution is 2.20. The predicted molar refractivity (Wildman–Crippen MR) is 98.1 cm³/mol. The lowest BCUT2D eigenvalue weighted by atomic mass is 9.98. The van der Waals surface area contributed by atoms with Gasteiger partial charge < -0.3 is 25.5 Å². The van der Waals surface area contributed by atoms with Crippen LogP contribution in [-0.2, 0) is 9.53 Å². The Labute approximate surface area is 155 Å². The summed E-state index contributed by atoms with van der Waals surface area (Å²) in [7, 11) is 0. The Morgan fingerprint density at radius 2 is 1.33 bits per heavy atom. The van der Waals surface area contributed by atoms with E-state index in [1.165, 1.54) is 0 Å². The maximum atomic E-state index is 12.4. The number of hydrogen-bond donors (Lipinski definition) is 7. The fourth-order valence-corrected chi connectivity index (χ4v) is 2.62. The molecule has 3 rings (SSSR count). The van der Waals surface area contributed by atoms with Crippen LogP contribution in [0.2, 0.25) is 0 Å². The summed E-state index contributed by atoms with van der Waals surface area (Å²) < 4.78 is 5.47. The number of para-hydroxylation sites is 2. The minimum atomic E-state index is -1.59. The molecule has 9 heteroatoms. The van der Waals surface area contributed by atoms with Crippen molar-refractivity contribution in [2.24, 2.45) is 0 Å². The van der Waals surface area contributed by atoms with E-state index in [0.717, 1.165) is 0 Å². The standard InChI is InChI=1S/C18H22N4O5/c23-13-14(24)16(17(26)21-19-11-7-3-1-4-8-11)27-18(15(13)25)22-20-12-9-5-2-6-10-12/h1-10,13-16,18-20,22-25H,(H,21,26)/t13-,14-,15-,16+,18-/m0/s1. The third kappa shape index (κ3) is 4.73. The summed E-state index contributed by atoms with van der Waals surface area (Å²) in [6.07, 6.45) is -7.12. The molecule has 0 aliphatic carbocycles. The third-order valence-electron chi connectivity index (χ3n) is 4.11. The molecule has 1 aliphatic rings. The van der Waals surface area contributed by atoms with Crippen LogP contribution >= 0.6 is 0 Å². The molecule has 0 aromatic heterocycles. The minimum Gasteiger partial charge on any atom is -0.387 e. The fraction of sp³-hybridized carbons (Fsp3) is 0.278. The van der Waals surface area contributed by atoms with Gasteiger partial charge in [-0.05, 0) is 24.3 Å². The molecule has 0 saturated carbocycles. The first kappa shape index (κ1) is 19.1. The summed E-state index contributed by atoms with van der Waals surface area (Å²) in [5.41, 5.74) is 12.0. The van der Waals surface area contributed by atoms with Crippen molar-refractivity contribution in [2.45, 2.75) is 30.6 Å². The number of benzene rings is 2. The third-order valence-corrected chi connectivity index (χ3v) is 4.11. The van der Waals surface area contributed by atoms with E-state index >= 15 is 0 Å². The number of carbonyl (C=O) groups excluding carboxylic acids is 1. The van der Waals surface area contributed by atoms with E-state index in [2.05, 4.69) is 21.7 Å². The smallest absolute Gasteiger partial charge is 0.270 e. The van der Waals surface area contributed by atoms with Crippen LogP contribution < -0.4 is 21.7 Å². The van der Waals surface area contributed by atoms with Crippen molar-refractivity contribution in [1.29, 1.82) is 0 Å². The van der Waals surface area contributed by atoms with Gasteiger partial charge >= 0.3 is 0 Å². The fourth-order valence-electron chi connectivity index (χ4n) is 2.62. The maximum Gasteiger partial charge on any atom is 0.270 e. The zero-order chi connectivity index (χ0) is 19.2. The quantitative estimate of drug-likeness (QED) is 0.338. The molecule has 0 radical (unpaired) electrons. The summed E-state index contributed by atoms with van der Waals surface area (Å²) in [6, 6.07) is 17.9. The Hall–Kier alpha value is -2.69. The topological polar surface area (TPSA) is 135 Å². The van der Waals surface area contributed by atoms with E-state index in [-0.39, 0.29) is 0 Å². The lowest BCUT2D eigenvalue weighted by molar-refractivity contribution is -0.225. The van der Waals surface area contributed by atoms with E-state index in [1.807, 2.05) is 24.3 Å². The first-order chi connectivity index (χ1) is 13.1.